The summed E-state index contributed by atoms with van der Waals surface area (Å²) >= 11 is 5.63. The summed E-state index contributed by atoms with van der Waals surface area (Å²) in [7, 11) is 0. The molecule has 2 aromatic rings. The third-order valence-electron chi connectivity index (χ3n) is 4.99. The van der Waals surface area contributed by atoms with Gasteiger partial charge in [-0.25, -0.2) is 4.21 Å². The number of hydrogen-bond acceptors (Lipinski definition) is 3. The smallest absolute Gasteiger partial charge is 0.203 e. The molecule has 0 spiro atoms. The SMILES string of the molecule is CS(=O)Oc1c(Br)cc2c(c1-c1c(O)c(Br)cc3c1CC=CC3)CC=CC2. The molecule has 0 bridgehead atoms. The van der Waals surface area contributed by atoms with E-state index in [1.807, 2.05) is 12.1 Å². The van der Waals surface area contributed by atoms with E-state index >= 15 is 0 Å². The van der Waals surface area contributed by atoms with Crippen LogP contribution in [0.1, 0.15) is 22.3 Å². The van der Waals surface area contributed by atoms with Crippen LogP contribution >= 0.6 is 31.9 Å². The van der Waals surface area contributed by atoms with E-state index in [-0.39, 0.29) is 5.75 Å². The van der Waals surface area contributed by atoms with Crippen LogP contribution in [0.5, 0.6) is 11.5 Å². The van der Waals surface area contributed by atoms with Gasteiger partial charge in [0, 0.05) is 17.4 Å². The quantitative estimate of drug-likeness (QED) is 0.550. The topological polar surface area (TPSA) is 46.5 Å². The van der Waals surface area contributed by atoms with E-state index in [2.05, 4.69) is 56.2 Å². The molecule has 6 heteroatoms. The zero-order chi connectivity index (χ0) is 19.1. The Balaban J connectivity index is 2.10. The fourth-order valence-electron chi connectivity index (χ4n) is 3.84. The molecule has 2 aliphatic carbocycles. The van der Waals surface area contributed by atoms with Gasteiger partial charge in [-0.15, -0.1) is 0 Å². The lowest BCUT2D eigenvalue weighted by molar-refractivity contribution is 0.472. The third-order valence-corrected chi connectivity index (χ3v) is 6.59. The Kier molecular flexibility index (Phi) is 5.32. The summed E-state index contributed by atoms with van der Waals surface area (Å²) in [6, 6.07) is 4.02. The zero-order valence-corrected chi connectivity index (χ0v) is 18.7. The molecule has 0 heterocycles. The van der Waals surface area contributed by atoms with E-state index in [9.17, 15) is 9.32 Å². The number of rotatable bonds is 3. The maximum atomic E-state index is 11.9. The minimum absolute atomic E-state index is 0.200. The van der Waals surface area contributed by atoms with Crippen molar-refractivity contribution in [2.45, 2.75) is 25.7 Å². The zero-order valence-electron chi connectivity index (χ0n) is 14.7. The molecule has 2 aromatic carbocycles. The van der Waals surface area contributed by atoms with Gasteiger partial charge in [0.25, 0.3) is 0 Å². The molecule has 1 atom stereocenters. The molecule has 4 rings (SSSR count). The van der Waals surface area contributed by atoms with Gasteiger partial charge in [0.05, 0.1) is 8.95 Å². The molecule has 140 valence electrons. The van der Waals surface area contributed by atoms with Gasteiger partial charge in [-0.3, -0.25) is 0 Å². The Morgan fingerprint density at radius 3 is 2.00 bits per heavy atom. The van der Waals surface area contributed by atoms with Crippen LogP contribution in [-0.2, 0) is 36.8 Å². The molecule has 27 heavy (non-hydrogen) atoms. The first kappa shape index (κ1) is 19.0. The van der Waals surface area contributed by atoms with Crippen molar-refractivity contribution in [2.75, 3.05) is 6.26 Å². The number of halogens is 2. The first-order valence-electron chi connectivity index (χ1n) is 8.67. The Morgan fingerprint density at radius 1 is 0.889 bits per heavy atom. The molecule has 0 radical (unpaired) electrons. The van der Waals surface area contributed by atoms with Crippen molar-refractivity contribution >= 4 is 42.9 Å². The van der Waals surface area contributed by atoms with Gasteiger partial charge < -0.3 is 9.29 Å². The van der Waals surface area contributed by atoms with Gasteiger partial charge >= 0.3 is 0 Å². The largest absolute Gasteiger partial charge is 0.506 e. The van der Waals surface area contributed by atoms with Gasteiger partial charge in [0.15, 0.2) is 5.75 Å². The molecule has 1 unspecified atom stereocenters. The van der Waals surface area contributed by atoms with E-state index < -0.39 is 11.1 Å². The van der Waals surface area contributed by atoms with Crippen LogP contribution in [0, 0.1) is 0 Å². The Hall–Kier alpha value is -1.37. The second-order valence-electron chi connectivity index (χ2n) is 6.66. The molecular formula is C21H18Br2O3S. The monoisotopic (exact) mass is 508 g/mol. The average molecular weight is 510 g/mol. The lowest BCUT2D eigenvalue weighted by atomic mass is 9.83. The van der Waals surface area contributed by atoms with Gasteiger partial charge in [0.1, 0.15) is 5.75 Å². The van der Waals surface area contributed by atoms with E-state index in [1.54, 1.807) is 0 Å². The van der Waals surface area contributed by atoms with Crippen molar-refractivity contribution < 1.29 is 13.5 Å². The van der Waals surface area contributed by atoms with Crippen LogP contribution < -0.4 is 4.18 Å². The minimum atomic E-state index is -1.48. The van der Waals surface area contributed by atoms with E-state index in [4.69, 9.17) is 4.18 Å². The molecule has 1 N–H and O–H groups in total. The van der Waals surface area contributed by atoms with Crippen molar-refractivity contribution in [3.05, 3.63) is 67.6 Å². The van der Waals surface area contributed by atoms with Crippen molar-refractivity contribution in [3.8, 4) is 22.6 Å². The van der Waals surface area contributed by atoms with E-state index in [0.29, 0.717) is 10.2 Å². The van der Waals surface area contributed by atoms with E-state index in [0.717, 1.165) is 52.4 Å². The van der Waals surface area contributed by atoms with Crippen LogP contribution in [-0.4, -0.2) is 15.6 Å². The molecule has 0 fully saturated rings. The maximum Gasteiger partial charge on any atom is 0.203 e. The third kappa shape index (κ3) is 3.43. The molecule has 0 amide bonds. The van der Waals surface area contributed by atoms with Crippen molar-refractivity contribution in [2.24, 2.45) is 0 Å². The second kappa shape index (κ2) is 7.57. The van der Waals surface area contributed by atoms with Crippen LogP contribution in [0.2, 0.25) is 0 Å². The average Bonchev–Trinajstić information content (AvgIpc) is 2.64. The second-order valence-corrected chi connectivity index (χ2v) is 9.34. The number of fused-ring (bicyclic) bond motifs is 2. The van der Waals surface area contributed by atoms with Crippen molar-refractivity contribution in [3.63, 3.8) is 0 Å². The fraction of sp³-hybridized carbons (Fsp3) is 0.238. The Labute approximate surface area is 178 Å². The number of allylic oxidation sites excluding steroid dienone is 4. The predicted octanol–water partition coefficient (Wildman–Crippen LogP) is 5.57. The molecule has 0 aliphatic heterocycles. The molecule has 2 aliphatic rings. The first-order valence-corrected chi connectivity index (χ1v) is 11.7. The number of phenolic OH excluding ortho intramolecular Hbond substituents is 1. The van der Waals surface area contributed by atoms with Crippen LogP contribution in [0.15, 0.2) is 45.4 Å². The van der Waals surface area contributed by atoms with Crippen LogP contribution in [0.4, 0.5) is 0 Å². The standard InChI is InChI=1S/C21H18Br2O3S/c1-27(25)26-21-17(23)11-13-7-3-5-9-15(13)19(21)18-14-8-4-2-6-12(14)10-16(22)20(18)24/h2-5,10-11,24H,6-9H2,1H3. The van der Waals surface area contributed by atoms with Crippen LogP contribution in [0.3, 0.4) is 0 Å². The summed E-state index contributed by atoms with van der Waals surface area (Å²) in [5.41, 5.74) is 6.20. The number of benzene rings is 2. The van der Waals surface area contributed by atoms with Crippen LogP contribution in [0.25, 0.3) is 11.1 Å². The molecule has 0 saturated carbocycles. The maximum absolute atomic E-state index is 11.9. The van der Waals surface area contributed by atoms with Crippen molar-refractivity contribution in [1.29, 1.82) is 0 Å². The molecule has 3 nitrogen and oxygen atoms in total. The summed E-state index contributed by atoms with van der Waals surface area (Å²) < 4.78 is 19.1. The number of aromatic hydroxyl groups is 1. The summed E-state index contributed by atoms with van der Waals surface area (Å²) in [5.74, 6) is 0.723. The normalized spacial score (nSPS) is 16.0. The number of hydrogen-bond donors (Lipinski definition) is 1. The van der Waals surface area contributed by atoms with E-state index in [1.165, 1.54) is 17.4 Å². The fourth-order valence-corrected chi connectivity index (χ4v) is 5.39. The highest BCUT2D eigenvalue weighted by atomic mass is 79.9. The molecule has 0 aromatic heterocycles. The highest BCUT2D eigenvalue weighted by molar-refractivity contribution is 9.11. The Bertz CT molecular complexity index is 1030. The lowest BCUT2D eigenvalue weighted by Crippen LogP contribution is -2.09. The van der Waals surface area contributed by atoms with Crippen molar-refractivity contribution in [1.82, 2.24) is 0 Å². The lowest BCUT2D eigenvalue weighted by Gasteiger charge is -2.25. The van der Waals surface area contributed by atoms with Gasteiger partial charge in [-0.05, 0) is 91.9 Å². The predicted molar refractivity (Wildman–Crippen MR) is 117 cm³/mol. The Morgan fingerprint density at radius 2 is 1.41 bits per heavy atom. The highest BCUT2D eigenvalue weighted by Crippen LogP contribution is 2.50. The summed E-state index contributed by atoms with van der Waals surface area (Å²) in [5, 5.41) is 11.0. The van der Waals surface area contributed by atoms with Gasteiger partial charge in [-0.2, -0.15) is 0 Å². The summed E-state index contributed by atoms with van der Waals surface area (Å²) in [6.07, 6.45) is 13.2. The highest BCUT2D eigenvalue weighted by Gasteiger charge is 2.27. The molecular weight excluding hydrogens is 492 g/mol. The van der Waals surface area contributed by atoms with Gasteiger partial charge in [-0.1, -0.05) is 24.3 Å². The summed E-state index contributed by atoms with van der Waals surface area (Å²) in [6.45, 7) is 0. The number of phenols is 1. The first-order chi connectivity index (χ1) is 13.0. The summed E-state index contributed by atoms with van der Waals surface area (Å²) in [4.78, 5) is 0. The minimum Gasteiger partial charge on any atom is -0.506 e. The molecule has 0 saturated heterocycles. The van der Waals surface area contributed by atoms with Gasteiger partial charge in [0.2, 0.25) is 11.1 Å².